The number of hydrogen-bond donors (Lipinski definition) is 0. The van der Waals surface area contributed by atoms with Crippen LogP contribution in [0.5, 0.6) is 0 Å². The molecule has 0 unspecified atom stereocenters. The Morgan fingerprint density at radius 2 is 0.543 bits per heavy atom. The molecule has 0 aromatic carbocycles. The molecule has 4 aromatic heterocycles. The fourth-order valence-corrected chi connectivity index (χ4v) is 1.91. The first-order valence-corrected chi connectivity index (χ1v) is 15.5. The second-order valence-corrected chi connectivity index (χ2v) is 12.0. The summed E-state index contributed by atoms with van der Waals surface area (Å²) in [6.07, 6.45) is 14.1. The van der Waals surface area contributed by atoms with E-state index in [0.717, 1.165) is 0 Å². The van der Waals surface area contributed by atoms with Crippen LogP contribution >= 0.6 is 15.6 Å². The van der Waals surface area contributed by atoms with Crippen molar-refractivity contribution in [1.29, 1.82) is 0 Å². The molecule has 0 N–H and O–H groups in total. The van der Waals surface area contributed by atoms with E-state index in [9.17, 15) is 50.4 Å². The van der Waals surface area contributed by atoms with E-state index in [1.165, 1.54) is 11.4 Å². The van der Waals surface area contributed by atoms with Crippen molar-refractivity contribution in [3.8, 4) is 0 Å². The summed E-state index contributed by atoms with van der Waals surface area (Å²) in [6, 6.07) is 19.3. The average Bonchev–Trinajstić information content (AvgIpc) is 2.89. The molecule has 4 rings (SSSR count). The Balaban J connectivity index is -0.000000230. The van der Waals surface area contributed by atoms with Crippen molar-refractivity contribution in [2.75, 3.05) is 38.0 Å². The van der Waals surface area contributed by atoms with E-state index >= 15 is 0 Å². The number of nitrogens with zero attached hydrogens (tertiary/aromatic N) is 6. The normalized spacial score (nSPS) is 12.7. The van der Waals surface area contributed by atoms with Gasteiger partial charge in [-0.1, -0.05) is 12.1 Å². The van der Waals surface area contributed by atoms with Crippen molar-refractivity contribution < 1.29 is 95.1 Å². The van der Waals surface area contributed by atoms with Crippen LogP contribution in [0.1, 0.15) is 0 Å². The third-order valence-electron chi connectivity index (χ3n) is 3.49. The zero-order valence-electron chi connectivity index (χ0n) is 24.1. The molecule has 0 radical (unpaired) electrons. The molecule has 22 heteroatoms. The first kappa shape index (κ1) is 50.6. The topological polar surface area (TPSA) is 58.0 Å². The maximum absolute atomic E-state index is 10.7. The second kappa shape index (κ2) is 19.5. The van der Waals surface area contributed by atoms with Gasteiger partial charge in [0.05, 0.1) is 0 Å². The van der Waals surface area contributed by atoms with Crippen LogP contribution in [0.3, 0.4) is 0 Å². The summed E-state index contributed by atoms with van der Waals surface area (Å²) >= 11 is 0. The van der Waals surface area contributed by atoms with E-state index in [0.29, 0.717) is 0 Å². The quantitative estimate of drug-likeness (QED) is 0.113. The van der Waals surface area contributed by atoms with Gasteiger partial charge >= 0.3 is 111 Å². The fraction of sp³-hybridized carbons (Fsp3) is 0.167. The second-order valence-electron chi connectivity index (χ2n) is 8.17. The molecule has 0 amide bonds. The zero-order valence-corrected chi connectivity index (χ0v) is 28.9. The molecule has 0 atom stereocenters. The summed E-state index contributed by atoms with van der Waals surface area (Å²) in [5, 5.41) is 0. The third kappa shape index (κ3) is 60.8. The molecule has 272 valence electrons. The molecule has 0 aliphatic rings. The maximum Gasteiger partial charge on any atom is 1.00 e. The van der Waals surface area contributed by atoms with E-state index in [2.05, 4.69) is 19.9 Å². The SMILES string of the molecule is CN(C)c1ccncc1.CN(C)c1ccncc1.F[P-](F)(F)(F)(F)F.F[P-](F)(F)(F)(F)F.[Ag+].[Ag+].c1ccncc1.c1ccncc1. The van der Waals surface area contributed by atoms with Gasteiger partial charge in [-0.05, 0) is 48.5 Å². The Hall–Kier alpha value is -2.30. The van der Waals surface area contributed by atoms with Gasteiger partial charge < -0.3 is 9.80 Å². The van der Waals surface area contributed by atoms with E-state index < -0.39 is 15.6 Å². The minimum atomic E-state index is -10.7. The minimum Gasteiger partial charge on any atom is -0.265 e. The van der Waals surface area contributed by atoms with Crippen LogP contribution < -0.4 is 9.80 Å². The average molecular weight is 908 g/mol. The molecule has 4 aromatic rings. The van der Waals surface area contributed by atoms with Gasteiger partial charge in [0.25, 0.3) is 0 Å². The van der Waals surface area contributed by atoms with Crippen LogP contribution in [0, 0.1) is 0 Å². The fourth-order valence-electron chi connectivity index (χ4n) is 1.91. The predicted octanol–water partition coefficient (Wildman–Crippen LogP) is 11.2. The van der Waals surface area contributed by atoms with Crippen LogP contribution in [0.25, 0.3) is 0 Å². The van der Waals surface area contributed by atoms with Crippen LogP contribution in [0.2, 0.25) is 0 Å². The van der Waals surface area contributed by atoms with E-state index in [1.807, 2.05) is 98.7 Å². The van der Waals surface area contributed by atoms with E-state index in [-0.39, 0.29) is 44.8 Å². The van der Waals surface area contributed by atoms with Crippen molar-refractivity contribution in [2.24, 2.45) is 0 Å². The summed E-state index contributed by atoms with van der Waals surface area (Å²) in [5.74, 6) is 0. The van der Waals surface area contributed by atoms with Crippen molar-refractivity contribution in [2.45, 2.75) is 0 Å². The Morgan fingerprint density at radius 3 is 0.630 bits per heavy atom. The number of halogens is 12. The largest absolute Gasteiger partial charge is 1.00 e. The molecular weight excluding hydrogens is 878 g/mol. The molecule has 0 saturated carbocycles. The Bertz CT molecular complexity index is 1100. The van der Waals surface area contributed by atoms with Gasteiger partial charge in [0.15, 0.2) is 0 Å². The summed E-state index contributed by atoms with van der Waals surface area (Å²) < 4.78 is 118. The van der Waals surface area contributed by atoms with E-state index in [4.69, 9.17) is 0 Å². The van der Waals surface area contributed by atoms with Crippen LogP contribution in [0.15, 0.2) is 110 Å². The number of rotatable bonds is 2. The molecule has 0 aliphatic heterocycles. The molecular formula is C24H30Ag2F12N6P2. The summed E-state index contributed by atoms with van der Waals surface area (Å²) in [6.45, 7) is 0. The first-order chi connectivity index (χ1) is 19.5. The van der Waals surface area contributed by atoms with Gasteiger partial charge in [-0.2, -0.15) is 0 Å². The number of aromatic nitrogens is 4. The molecule has 0 saturated heterocycles. The Morgan fingerprint density at radius 1 is 0.370 bits per heavy atom. The van der Waals surface area contributed by atoms with Gasteiger partial charge in [0.1, 0.15) is 0 Å². The van der Waals surface area contributed by atoms with Crippen molar-refractivity contribution in [3.63, 3.8) is 0 Å². The zero-order chi connectivity index (χ0) is 34.7. The van der Waals surface area contributed by atoms with Gasteiger partial charge in [-0.15, -0.1) is 0 Å². The number of anilines is 2. The molecule has 0 aliphatic carbocycles. The molecule has 0 spiro atoms. The van der Waals surface area contributed by atoms with E-state index in [1.54, 1.807) is 49.6 Å². The summed E-state index contributed by atoms with van der Waals surface area (Å²) in [7, 11) is -13.3. The standard InChI is InChI=1S/2C7H10N2.2C5H5N.2Ag.2F6P/c2*1-9(2)7-3-5-8-6-4-7;2*1-2-4-6-5-3-1;;;2*1-7(2,3,4,5)6/h2*3-6H,1-2H3;2*1-5H;;;;/q;;;;2*+1;2*-1. The maximum atomic E-state index is 9.87. The van der Waals surface area contributed by atoms with Crippen LogP contribution in [-0.4, -0.2) is 48.1 Å². The number of hydrogen-bond acceptors (Lipinski definition) is 6. The van der Waals surface area contributed by atoms with Crippen molar-refractivity contribution in [3.05, 3.63) is 110 Å². The van der Waals surface area contributed by atoms with Gasteiger partial charge in [0.2, 0.25) is 0 Å². The molecule has 0 bridgehead atoms. The first-order valence-electron chi connectivity index (χ1n) is 11.5. The minimum absolute atomic E-state index is 0. The third-order valence-corrected chi connectivity index (χ3v) is 3.49. The summed E-state index contributed by atoms with van der Waals surface area (Å²) in [4.78, 5) is 19.5. The molecule has 0 fully saturated rings. The molecule has 46 heavy (non-hydrogen) atoms. The van der Waals surface area contributed by atoms with Crippen LogP contribution in [0.4, 0.5) is 61.7 Å². The van der Waals surface area contributed by atoms with Gasteiger partial charge in [-0.3, -0.25) is 19.9 Å². The monoisotopic (exact) mass is 906 g/mol. The van der Waals surface area contributed by atoms with Gasteiger partial charge in [0, 0.05) is 89.1 Å². The van der Waals surface area contributed by atoms with Crippen LogP contribution in [-0.2, 0) is 44.8 Å². The Labute approximate surface area is 289 Å². The molecule has 6 nitrogen and oxygen atoms in total. The van der Waals surface area contributed by atoms with Gasteiger partial charge in [-0.25, -0.2) is 0 Å². The molecule has 4 heterocycles. The number of pyridine rings is 4. The van der Waals surface area contributed by atoms with Crippen molar-refractivity contribution in [1.82, 2.24) is 19.9 Å². The summed E-state index contributed by atoms with van der Waals surface area (Å²) in [5.41, 5.74) is 2.37. The van der Waals surface area contributed by atoms with Crippen molar-refractivity contribution >= 4 is 27.0 Å². The predicted molar refractivity (Wildman–Crippen MR) is 153 cm³/mol. The smallest absolute Gasteiger partial charge is 0.265 e. The Kier molecular flexibility index (Phi) is 21.4.